The van der Waals surface area contributed by atoms with E-state index in [-0.39, 0.29) is 17.2 Å². The van der Waals surface area contributed by atoms with Gasteiger partial charge in [0, 0.05) is 18.1 Å². The van der Waals surface area contributed by atoms with Crippen LogP contribution < -0.4 is 5.32 Å². The number of ether oxygens (including phenoxy) is 2. The van der Waals surface area contributed by atoms with Gasteiger partial charge in [-0.25, -0.2) is 4.79 Å². The number of carbonyl (C=O) groups is 4. The second kappa shape index (κ2) is 10.6. The molecule has 0 spiro atoms. The predicted octanol–water partition coefficient (Wildman–Crippen LogP) is 3.19. The number of alkyl halides is 1. The molecular formula is C24H34ClNO7Si. The molecule has 2 rings (SSSR count). The number of benzene rings is 1. The number of esters is 2. The van der Waals surface area contributed by atoms with Crippen LogP contribution in [0.2, 0.25) is 18.1 Å². The van der Waals surface area contributed by atoms with E-state index in [1.54, 1.807) is 30.3 Å². The molecule has 5 atom stereocenters. The minimum Gasteiger partial charge on any atom is -0.469 e. The Balaban J connectivity index is 2.58. The monoisotopic (exact) mass is 511 g/mol. The SMILES string of the molecule is COC(=O)[C@H]1[C@@H](CO[Si](C)(C)C(C)(C)C)[C@@H](C=O)[C@](NC(=O)c2ccccc2)(C(=O)OC)[C@H]1Cl. The second-order valence-corrected chi connectivity index (χ2v) is 15.3. The molecule has 0 aliphatic heterocycles. The Morgan fingerprint density at radius 1 is 1.12 bits per heavy atom. The zero-order valence-electron chi connectivity index (χ0n) is 20.7. The molecule has 1 aromatic carbocycles. The van der Waals surface area contributed by atoms with Crippen molar-refractivity contribution in [2.75, 3.05) is 20.8 Å². The number of amides is 1. The summed E-state index contributed by atoms with van der Waals surface area (Å²) in [6, 6.07) is 8.19. The number of rotatable bonds is 8. The van der Waals surface area contributed by atoms with E-state index in [9.17, 15) is 19.2 Å². The summed E-state index contributed by atoms with van der Waals surface area (Å²) in [5.41, 5.74) is -1.74. The van der Waals surface area contributed by atoms with Gasteiger partial charge in [-0.15, -0.1) is 11.6 Å². The van der Waals surface area contributed by atoms with Gasteiger partial charge in [0.15, 0.2) is 13.9 Å². The van der Waals surface area contributed by atoms with Crippen molar-refractivity contribution in [3.05, 3.63) is 35.9 Å². The van der Waals surface area contributed by atoms with Gasteiger partial charge in [0.2, 0.25) is 0 Å². The van der Waals surface area contributed by atoms with E-state index in [0.717, 1.165) is 7.11 Å². The largest absolute Gasteiger partial charge is 0.469 e. The molecule has 188 valence electrons. The number of nitrogens with one attached hydrogen (secondary N) is 1. The highest BCUT2D eigenvalue weighted by molar-refractivity contribution is 6.74. The van der Waals surface area contributed by atoms with Gasteiger partial charge in [0.25, 0.3) is 5.91 Å². The maximum atomic E-state index is 13.2. The Kier molecular flexibility index (Phi) is 8.71. The van der Waals surface area contributed by atoms with Crippen molar-refractivity contribution in [1.29, 1.82) is 0 Å². The number of methoxy groups -OCH3 is 2. The van der Waals surface area contributed by atoms with Crippen LogP contribution in [0.15, 0.2) is 30.3 Å². The molecule has 10 heteroatoms. The summed E-state index contributed by atoms with van der Waals surface area (Å²) in [4.78, 5) is 51.6. The van der Waals surface area contributed by atoms with E-state index < -0.39 is 54.8 Å². The fourth-order valence-corrected chi connectivity index (χ4v) is 5.70. The van der Waals surface area contributed by atoms with E-state index in [4.69, 9.17) is 25.5 Å². The summed E-state index contributed by atoms with van der Waals surface area (Å²) in [7, 11) is 0.0459. The number of hydrogen-bond acceptors (Lipinski definition) is 7. The topological polar surface area (TPSA) is 108 Å². The lowest BCUT2D eigenvalue weighted by Crippen LogP contribution is -2.63. The first-order valence-electron chi connectivity index (χ1n) is 11.1. The molecule has 1 aliphatic rings. The smallest absolute Gasteiger partial charge is 0.333 e. The molecule has 1 aliphatic carbocycles. The van der Waals surface area contributed by atoms with Gasteiger partial charge in [-0.3, -0.25) is 9.59 Å². The van der Waals surface area contributed by atoms with Crippen molar-refractivity contribution in [2.45, 2.75) is 49.8 Å². The molecule has 1 fully saturated rings. The highest BCUT2D eigenvalue weighted by Crippen LogP contribution is 2.49. The average molecular weight is 512 g/mol. The summed E-state index contributed by atoms with van der Waals surface area (Å²) in [6.45, 7) is 10.2. The molecule has 1 saturated carbocycles. The fraction of sp³-hybridized carbons (Fsp3) is 0.583. The Hall–Kier alpha value is -2.23. The summed E-state index contributed by atoms with van der Waals surface area (Å²) in [5.74, 6) is -5.35. The fourth-order valence-electron chi connectivity index (χ4n) is 4.08. The van der Waals surface area contributed by atoms with E-state index in [2.05, 4.69) is 26.1 Å². The Morgan fingerprint density at radius 2 is 1.71 bits per heavy atom. The quantitative estimate of drug-likeness (QED) is 0.247. The van der Waals surface area contributed by atoms with Crippen LogP contribution in [0.5, 0.6) is 0 Å². The molecule has 0 saturated heterocycles. The number of aldehydes is 1. The highest BCUT2D eigenvalue weighted by Gasteiger charge is 2.68. The lowest BCUT2D eigenvalue weighted by atomic mass is 9.83. The van der Waals surface area contributed by atoms with Gasteiger partial charge in [-0.1, -0.05) is 39.0 Å². The first-order chi connectivity index (χ1) is 15.8. The first-order valence-corrected chi connectivity index (χ1v) is 14.4. The number of hydrogen-bond donors (Lipinski definition) is 1. The van der Waals surface area contributed by atoms with Crippen molar-refractivity contribution >= 4 is 44.1 Å². The zero-order chi connectivity index (χ0) is 25.9. The first kappa shape index (κ1) is 28.0. The molecule has 8 nitrogen and oxygen atoms in total. The second-order valence-electron chi connectivity index (χ2n) is 10.0. The van der Waals surface area contributed by atoms with Crippen LogP contribution in [-0.4, -0.2) is 64.2 Å². The highest BCUT2D eigenvalue weighted by atomic mass is 35.5. The van der Waals surface area contributed by atoms with E-state index in [1.165, 1.54) is 7.11 Å². The summed E-state index contributed by atoms with van der Waals surface area (Å²) >= 11 is 6.77. The van der Waals surface area contributed by atoms with Gasteiger partial charge in [0.1, 0.15) is 6.29 Å². The third-order valence-electron chi connectivity index (χ3n) is 7.14. The number of carbonyl (C=O) groups excluding carboxylic acids is 4. The van der Waals surface area contributed by atoms with Crippen molar-refractivity contribution in [3.63, 3.8) is 0 Å². The molecule has 34 heavy (non-hydrogen) atoms. The van der Waals surface area contributed by atoms with Gasteiger partial charge in [-0.2, -0.15) is 0 Å². The molecule has 1 amide bonds. The lowest BCUT2D eigenvalue weighted by molar-refractivity contribution is -0.151. The van der Waals surface area contributed by atoms with Gasteiger partial charge < -0.3 is 24.0 Å². The van der Waals surface area contributed by atoms with Crippen molar-refractivity contribution in [2.24, 2.45) is 17.8 Å². The summed E-state index contributed by atoms with van der Waals surface area (Å²) in [5, 5.41) is 1.20. The van der Waals surface area contributed by atoms with Gasteiger partial charge in [-0.05, 0) is 30.3 Å². The Labute approximate surface area is 206 Å². The molecule has 0 radical (unpaired) electrons. The molecular weight excluding hydrogens is 478 g/mol. The van der Waals surface area contributed by atoms with Crippen LogP contribution in [0, 0.1) is 17.8 Å². The van der Waals surface area contributed by atoms with Crippen LogP contribution in [0.3, 0.4) is 0 Å². The number of halogens is 1. The van der Waals surface area contributed by atoms with Gasteiger partial charge >= 0.3 is 11.9 Å². The normalized spacial score (nSPS) is 27.1. The van der Waals surface area contributed by atoms with E-state index in [1.807, 2.05) is 13.1 Å². The third kappa shape index (κ3) is 5.06. The summed E-state index contributed by atoms with van der Waals surface area (Å²) in [6.07, 6.45) is 0.542. The van der Waals surface area contributed by atoms with Crippen molar-refractivity contribution < 1.29 is 33.1 Å². The Bertz CT molecular complexity index is 918. The molecule has 0 bridgehead atoms. The van der Waals surface area contributed by atoms with Crippen molar-refractivity contribution in [1.82, 2.24) is 5.32 Å². The lowest BCUT2D eigenvalue weighted by Gasteiger charge is -2.38. The van der Waals surface area contributed by atoms with Crippen LogP contribution in [0.1, 0.15) is 31.1 Å². The maximum absolute atomic E-state index is 13.2. The zero-order valence-corrected chi connectivity index (χ0v) is 22.5. The molecule has 0 aromatic heterocycles. The molecule has 1 aromatic rings. The third-order valence-corrected chi connectivity index (χ3v) is 12.3. The summed E-state index contributed by atoms with van der Waals surface area (Å²) < 4.78 is 16.3. The molecule has 0 unspecified atom stereocenters. The van der Waals surface area contributed by atoms with Gasteiger partial charge in [0.05, 0.1) is 31.4 Å². The Morgan fingerprint density at radius 3 is 2.18 bits per heavy atom. The maximum Gasteiger partial charge on any atom is 0.333 e. The van der Waals surface area contributed by atoms with Crippen LogP contribution in [-0.2, 0) is 28.3 Å². The van der Waals surface area contributed by atoms with Crippen LogP contribution >= 0.6 is 11.6 Å². The average Bonchev–Trinajstić information content (AvgIpc) is 3.04. The predicted molar refractivity (Wildman–Crippen MR) is 130 cm³/mol. The van der Waals surface area contributed by atoms with E-state index >= 15 is 0 Å². The van der Waals surface area contributed by atoms with E-state index in [0.29, 0.717) is 6.29 Å². The van der Waals surface area contributed by atoms with Crippen molar-refractivity contribution in [3.8, 4) is 0 Å². The van der Waals surface area contributed by atoms with Crippen LogP contribution in [0.4, 0.5) is 0 Å². The van der Waals surface area contributed by atoms with Crippen LogP contribution in [0.25, 0.3) is 0 Å². The molecule has 0 heterocycles. The minimum atomic E-state index is -2.29. The molecule has 1 N–H and O–H groups in total. The standard InChI is InChI=1S/C24H34ClNO7Si/c1-23(2,3)34(6,7)33-14-16-17(13-27)24(22(30)32-5,19(25)18(16)21(29)31-4)26-20(28)15-11-9-8-10-12-15/h8-13,16-19H,14H2,1-7H3,(H,26,28)/t16-,17+,18-,19-,24+/m0/s1. The minimum absolute atomic E-state index is 0.0111.